The van der Waals surface area contributed by atoms with Crippen molar-refractivity contribution in [2.24, 2.45) is 0 Å². The highest BCUT2D eigenvalue weighted by molar-refractivity contribution is 6.30. The molecule has 1 N–H and O–H groups in total. The summed E-state index contributed by atoms with van der Waals surface area (Å²) in [6, 6.07) is 15.3. The van der Waals surface area contributed by atoms with Crippen LogP contribution in [0.1, 0.15) is 37.3 Å². The molecule has 5 nitrogen and oxygen atoms in total. The van der Waals surface area contributed by atoms with E-state index in [2.05, 4.69) is 10.4 Å². The van der Waals surface area contributed by atoms with Gasteiger partial charge in [-0.15, -0.1) is 0 Å². The van der Waals surface area contributed by atoms with Gasteiger partial charge in [0.2, 0.25) is 5.91 Å². The van der Waals surface area contributed by atoms with Gasteiger partial charge in [-0.3, -0.25) is 4.79 Å². The van der Waals surface area contributed by atoms with Gasteiger partial charge in [0.15, 0.2) is 0 Å². The summed E-state index contributed by atoms with van der Waals surface area (Å²) in [4.78, 5) is 12.5. The summed E-state index contributed by atoms with van der Waals surface area (Å²) in [6.07, 6.45) is 2.22. The molecule has 1 unspecified atom stereocenters. The number of benzene rings is 2. The fraction of sp³-hybridized carbons (Fsp3) is 0.238. The Kier molecular flexibility index (Phi) is 4.62. The first-order chi connectivity index (χ1) is 13.0. The largest absolute Gasteiger partial charge is 0.491 e. The Morgan fingerprint density at radius 2 is 2.00 bits per heavy atom. The molecule has 0 fully saturated rings. The lowest BCUT2D eigenvalue weighted by Crippen LogP contribution is -2.25. The molecule has 27 heavy (non-hydrogen) atoms. The maximum Gasteiger partial charge on any atom is 0.226 e. The highest BCUT2D eigenvalue weighted by Gasteiger charge is 2.32. The molecule has 1 aliphatic rings. The summed E-state index contributed by atoms with van der Waals surface area (Å²) < 4.78 is 7.70. The number of nitrogens with one attached hydrogen (secondary N) is 1. The fourth-order valence-electron chi connectivity index (χ4n) is 3.43. The van der Waals surface area contributed by atoms with Crippen molar-refractivity contribution in [1.29, 1.82) is 0 Å². The van der Waals surface area contributed by atoms with Gasteiger partial charge in [0.05, 0.1) is 18.0 Å². The van der Waals surface area contributed by atoms with Gasteiger partial charge >= 0.3 is 0 Å². The van der Waals surface area contributed by atoms with Crippen LogP contribution in [-0.2, 0) is 4.79 Å². The SMILES string of the molecule is CC(C)Oc1ccccc1C1CC(=O)Nc2c1cnn2-c1cccc(Cl)c1. The lowest BCUT2D eigenvalue weighted by atomic mass is 9.87. The Morgan fingerprint density at radius 1 is 1.19 bits per heavy atom. The van der Waals surface area contributed by atoms with E-state index in [4.69, 9.17) is 16.3 Å². The summed E-state index contributed by atoms with van der Waals surface area (Å²) in [5.74, 6) is 1.32. The Bertz CT molecular complexity index is 997. The summed E-state index contributed by atoms with van der Waals surface area (Å²) in [5, 5.41) is 8.09. The van der Waals surface area contributed by atoms with E-state index in [1.165, 1.54) is 0 Å². The van der Waals surface area contributed by atoms with Crippen molar-refractivity contribution in [3.63, 3.8) is 0 Å². The number of amides is 1. The third-order valence-electron chi connectivity index (χ3n) is 4.53. The Balaban J connectivity index is 1.81. The molecule has 1 aromatic heterocycles. The molecule has 0 saturated carbocycles. The molecule has 0 aliphatic carbocycles. The number of rotatable bonds is 4. The molecule has 0 radical (unpaired) electrons. The average Bonchev–Trinajstić information content (AvgIpc) is 3.05. The minimum Gasteiger partial charge on any atom is -0.491 e. The van der Waals surface area contributed by atoms with Gasteiger partial charge in [0.25, 0.3) is 0 Å². The van der Waals surface area contributed by atoms with Crippen LogP contribution in [0.25, 0.3) is 5.69 Å². The number of hydrogen-bond acceptors (Lipinski definition) is 3. The summed E-state index contributed by atoms with van der Waals surface area (Å²) >= 11 is 6.12. The minimum absolute atomic E-state index is 0.0457. The number of hydrogen-bond donors (Lipinski definition) is 1. The van der Waals surface area contributed by atoms with Crippen LogP contribution in [0.5, 0.6) is 5.75 Å². The van der Waals surface area contributed by atoms with Gasteiger partial charge in [0, 0.05) is 28.5 Å². The number of aromatic nitrogens is 2. The zero-order valence-corrected chi connectivity index (χ0v) is 15.9. The monoisotopic (exact) mass is 381 g/mol. The fourth-order valence-corrected chi connectivity index (χ4v) is 3.61. The molecular formula is C21H20ClN3O2. The molecule has 4 rings (SSSR count). The number of fused-ring (bicyclic) bond motifs is 1. The van der Waals surface area contributed by atoms with E-state index in [-0.39, 0.29) is 17.9 Å². The molecule has 1 aliphatic heterocycles. The van der Waals surface area contributed by atoms with Crippen LogP contribution in [0.15, 0.2) is 54.7 Å². The zero-order chi connectivity index (χ0) is 19.0. The highest BCUT2D eigenvalue weighted by atomic mass is 35.5. The number of carbonyl (C=O) groups is 1. The average molecular weight is 382 g/mol. The molecular weight excluding hydrogens is 362 g/mol. The van der Waals surface area contributed by atoms with Gasteiger partial charge in [-0.25, -0.2) is 4.68 Å². The molecule has 0 bridgehead atoms. The number of anilines is 1. The molecule has 3 aromatic rings. The predicted molar refractivity (Wildman–Crippen MR) is 106 cm³/mol. The molecule has 2 aromatic carbocycles. The number of carbonyl (C=O) groups excluding carboxylic acids is 1. The Hall–Kier alpha value is -2.79. The van der Waals surface area contributed by atoms with E-state index in [0.29, 0.717) is 17.3 Å². The lowest BCUT2D eigenvalue weighted by molar-refractivity contribution is -0.116. The second kappa shape index (κ2) is 7.08. The topological polar surface area (TPSA) is 56.1 Å². The van der Waals surface area contributed by atoms with Gasteiger partial charge in [-0.1, -0.05) is 35.9 Å². The number of ether oxygens (including phenoxy) is 1. The van der Waals surface area contributed by atoms with Gasteiger partial charge in [0.1, 0.15) is 11.6 Å². The van der Waals surface area contributed by atoms with Crippen molar-refractivity contribution in [3.05, 3.63) is 70.9 Å². The summed E-state index contributed by atoms with van der Waals surface area (Å²) in [7, 11) is 0. The smallest absolute Gasteiger partial charge is 0.226 e. The van der Waals surface area contributed by atoms with Crippen molar-refractivity contribution in [1.82, 2.24) is 9.78 Å². The first-order valence-electron chi connectivity index (χ1n) is 8.92. The molecule has 1 atom stereocenters. The van der Waals surface area contributed by atoms with Crippen LogP contribution >= 0.6 is 11.6 Å². The van der Waals surface area contributed by atoms with Crippen molar-refractivity contribution in [2.75, 3.05) is 5.32 Å². The standard InChI is InChI=1S/C21H20ClN3O2/c1-13(2)27-19-9-4-3-8-16(19)17-11-20(26)24-21-18(17)12-23-25(21)15-7-5-6-14(22)10-15/h3-10,12-13,17H,11H2,1-2H3,(H,24,26). The third-order valence-corrected chi connectivity index (χ3v) is 4.77. The minimum atomic E-state index is -0.114. The first-order valence-corrected chi connectivity index (χ1v) is 9.30. The second-order valence-corrected chi connectivity index (χ2v) is 7.29. The van der Waals surface area contributed by atoms with Crippen molar-refractivity contribution in [3.8, 4) is 11.4 Å². The van der Waals surface area contributed by atoms with E-state index in [9.17, 15) is 4.79 Å². The van der Waals surface area contributed by atoms with Gasteiger partial charge < -0.3 is 10.1 Å². The molecule has 1 amide bonds. The molecule has 138 valence electrons. The van der Waals surface area contributed by atoms with Crippen molar-refractivity contribution < 1.29 is 9.53 Å². The number of nitrogens with zero attached hydrogens (tertiary/aromatic N) is 2. The Morgan fingerprint density at radius 3 is 2.78 bits per heavy atom. The zero-order valence-electron chi connectivity index (χ0n) is 15.1. The number of halogens is 1. The predicted octanol–water partition coefficient (Wildman–Crippen LogP) is 4.79. The molecule has 0 spiro atoms. The third kappa shape index (κ3) is 3.43. The van der Waals surface area contributed by atoms with Gasteiger partial charge in [-0.2, -0.15) is 5.10 Å². The maximum absolute atomic E-state index is 12.5. The van der Waals surface area contributed by atoms with E-state index < -0.39 is 0 Å². The normalized spacial score (nSPS) is 16.1. The van der Waals surface area contributed by atoms with Crippen LogP contribution in [0, 0.1) is 0 Å². The molecule has 0 saturated heterocycles. The van der Waals surface area contributed by atoms with Gasteiger partial charge in [-0.05, 0) is 38.1 Å². The number of para-hydroxylation sites is 1. The van der Waals surface area contributed by atoms with E-state index in [1.54, 1.807) is 4.68 Å². The van der Waals surface area contributed by atoms with Crippen molar-refractivity contribution in [2.45, 2.75) is 32.3 Å². The van der Waals surface area contributed by atoms with E-state index in [0.717, 1.165) is 22.6 Å². The molecule has 2 heterocycles. The summed E-state index contributed by atoms with van der Waals surface area (Å²) in [6.45, 7) is 3.99. The maximum atomic E-state index is 12.5. The first kappa shape index (κ1) is 17.6. The van der Waals surface area contributed by atoms with Crippen LogP contribution in [0.3, 0.4) is 0 Å². The van der Waals surface area contributed by atoms with Crippen molar-refractivity contribution >= 4 is 23.3 Å². The quantitative estimate of drug-likeness (QED) is 0.707. The second-order valence-electron chi connectivity index (χ2n) is 6.85. The highest BCUT2D eigenvalue weighted by Crippen LogP contribution is 2.41. The van der Waals surface area contributed by atoms with Crippen LogP contribution in [-0.4, -0.2) is 21.8 Å². The van der Waals surface area contributed by atoms with E-state index >= 15 is 0 Å². The lowest BCUT2D eigenvalue weighted by Gasteiger charge is -2.26. The summed E-state index contributed by atoms with van der Waals surface area (Å²) in [5.41, 5.74) is 2.76. The van der Waals surface area contributed by atoms with Crippen LogP contribution < -0.4 is 10.1 Å². The van der Waals surface area contributed by atoms with E-state index in [1.807, 2.05) is 68.6 Å². The Labute approximate surface area is 162 Å². The van der Waals surface area contributed by atoms with Crippen LogP contribution in [0.4, 0.5) is 5.82 Å². The molecule has 6 heteroatoms. The van der Waals surface area contributed by atoms with Crippen LogP contribution in [0.2, 0.25) is 5.02 Å².